The fourth-order valence-corrected chi connectivity index (χ4v) is 5.85. The van der Waals surface area contributed by atoms with Crippen LogP contribution in [0.15, 0.2) is 72.8 Å². The second-order valence-electron chi connectivity index (χ2n) is 10.8. The van der Waals surface area contributed by atoms with Gasteiger partial charge in [0, 0.05) is 34.6 Å². The predicted molar refractivity (Wildman–Crippen MR) is 172 cm³/mol. The van der Waals surface area contributed by atoms with Gasteiger partial charge < -0.3 is 10.2 Å². The number of hydrogen-bond acceptors (Lipinski definition) is 4. The SMILES string of the molecule is CC[C@@H](C)NC(=O)[C@H](Cc1ccccc1)N(Cc1c(Cl)cccc1Cl)C(=O)CN(c1ccc(C(C)C)cc1)S(C)(=O)=O. The molecule has 1 N–H and O–H groups in total. The number of anilines is 1. The molecule has 0 aliphatic rings. The number of carbonyl (C=O) groups excluding carboxylic acids is 2. The molecular formula is C32H39Cl2N3O4S. The van der Waals surface area contributed by atoms with Crippen molar-refractivity contribution >= 4 is 50.7 Å². The van der Waals surface area contributed by atoms with Crippen LogP contribution in [-0.2, 0) is 32.6 Å². The Hall–Kier alpha value is -3.07. The molecule has 0 heterocycles. The standard InChI is InChI=1S/C32H39Cl2N3O4S/c1-6-23(4)35-32(39)30(19-24-11-8-7-9-12-24)36(20-27-28(33)13-10-14-29(27)34)31(38)21-37(42(5,40)41)26-17-15-25(16-18-26)22(2)3/h7-18,22-23,30H,6,19-21H2,1-5H3,(H,35,39)/t23-,30+/m1/s1. The smallest absolute Gasteiger partial charge is 0.244 e. The molecule has 3 aromatic carbocycles. The van der Waals surface area contributed by atoms with E-state index in [2.05, 4.69) is 5.32 Å². The quantitative estimate of drug-likeness (QED) is 0.235. The number of carbonyl (C=O) groups is 2. The summed E-state index contributed by atoms with van der Waals surface area (Å²) in [6.07, 6.45) is 1.96. The van der Waals surface area contributed by atoms with Gasteiger partial charge in [0.25, 0.3) is 0 Å². The molecule has 0 fully saturated rings. The second kappa shape index (κ2) is 14.9. The largest absolute Gasteiger partial charge is 0.352 e. The van der Waals surface area contributed by atoms with Crippen molar-refractivity contribution in [2.75, 3.05) is 17.1 Å². The van der Waals surface area contributed by atoms with Gasteiger partial charge in [0.1, 0.15) is 12.6 Å². The van der Waals surface area contributed by atoms with E-state index >= 15 is 0 Å². The van der Waals surface area contributed by atoms with E-state index in [0.29, 0.717) is 27.7 Å². The molecule has 10 heteroatoms. The minimum absolute atomic E-state index is 0.0906. The van der Waals surface area contributed by atoms with Crippen molar-refractivity contribution < 1.29 is 18.0 Å². The maximum atomic E-state index is 14.2. The molecule has 226 valence electrons. The average Bonchev–Trinajstić information content (AvgIpc) is 2.94. The molecule has 7 nitrogen and oxygen atoms in total. The fraction of sp³-hybridized carbons (Fsp3) is 0.375. The Morgan fingerprint density at radius 3 is 2.00 bits per heavy atom. The Morgan fingerprint density at radius 1 is 0.881 bits per heavy atom. The molecule has 0 unspecified atom stereocenters. The van der Waals surface area contributed by atoms with Gasteiger partial charge in [-0.1, -0.05) is 92.5 Å². The lowest BCUT2D eigenvalue weighted by Gasteiger charge is -2.34. The van der Waals surface area contributed by atoms with E-state index in [0.717, 1.165) is 21.7 Å². The highest BCUT2D eigenvalue weighted by Gasteiger charge is 2.34. The molecule has 0 bridgehead atoms. The summed E-state index contributed by atoms with van der Waals surface area (Å²) >= 11 is 13.0. The molecule has 3 aromatic rings. The molecule has 2 amide bonds. The number of nitrogens with one attached hydrogen (secondary N) is 1. The number of amides is 2. The van der Waals surface area contributed by atoms with Crippen LogP contribution in [0.1, 0.15) is 56.7 Å². The zero-order valence-electron chi connectivity index (χ0n) is 24.7. The monoisotopic (exact) mass is 631 g/mol. The van der Waals surface area contributed by atoms with Crippen LogP contribution < -0.4 is 9.62 Å². The van der Waals surface area contributed by atoms with Crippen LogP contribution >= 0.6 is 23.2 Å². The lowest BCUT2D eigenvalue weighted by Crippen LogP contribution is -2.54. The molecular weight excluding hydrogens is 593 g/mol. The molecule has 0 radical (unpaired) electrons. The van der Waals surface area contributed by atoms with Crippen LogP contribution in [0.25, 0.3) is 0 Å². The lowest BCUT2D eigenvalue weighted by atomic mass is 10.0. The zero-order valence-corrected chi connectivity index (χ0v) is 27.0. The molecule has 0 saturated heterocycles. The maximum absolute atomic E-state index is 14.2. The Labute approximate surface area is 259 Å². The van der Waals surface area contributed by atoms with Crippen molar-refractivity contribution in [3.05, 3.63) is 99.5 Å². The summed E-state index contributed by atoms with van der Waals surface area (Å²) in [4.78, 5) is 29.4. The number of rotatable bonds is 13. The van der Waals surface area contributed by atoms with Gasteiger partial charge in [-0.15, -0.1) is 0 Å². The first-order valence-corrected chi connectivity index (χ1v) is 16.6. The van der Waals surface area contributed by atoms with E-state index in [4.69, 9.17) is 23.2 Å². The summed E-state index contributed by atoms with van der Waals surface area (Å²) in [5.41, 5.74) is 2.71. The predicted octanol–water partition coefficient (Wildman–Crippen LogP) is 6.44. The van der Waals surface area contributed by atoms with Crippen molar-refractivity contribution in [3.63, 3.8) is 0 Å². The first kappa shape index (κ1) is 33.4. The fourth-order valence-electron chi connectivity index (χ4n) is 4.49. The van der Waals surface area contributed by atoms with Crippen LogP contribution in [0.4, 0.5) is 5.69 Å². The topological polar surface area (TPSA) is 86.8 Å². The van der Waals surface area contributed by atoms with Gasteiger partial charge in [-0.3, -0.25) is 13.9 Å². The molecule has 3 rings (SSSR count). The normalized spacial score (nSPS) is 13.0. The number of sulfonamides is 1. The van der Waals surface area contributed by atoms with Crippen LogP contribution in [-0.4, -0.2) is 50.0 Å². The molecule has 0 spiro atoms. The highest BCUT2D eigenvalue weighted by Crippen LogP contribution is 2.28. The lowest BCUT2D eigenvalue weighted by molar-refractivity contribution is -0.140. The zero-order chi connectivity index (χ0) is 31.0. The van der Waals surface area contributed by atoms with Crippen molar-refractivity contribution in [1.82, 2.24) is 10.2 Å². The van der Waals surface area contributed by atoms with Gasteiger partial charge in [0.15, 0.2) is 0 Å². The van der Waals surface area contributed by atoms with E-state index in [-0.39, 0.29) is 30.8 Å². The Balaban J connectivity index is 2.10. The van der Waals surface area contributed by atoms with E-state index in [9.17, 15) is 18.0 Å². The van der Waals surface area contributed by atoms with Crippen LogP contribution in [0, 0.1) is 0 Å². The molecule has 0 aromatic heterocycles. The number of halogens is 2. The number of nitrogens with zero attached hydrogens (tertiary/aromatic N) is 2. The summed E-state index contributed by atoms with van der Waals surface area (Å²) in [6, 6.07) is 20.4. The third-order valence-electron chi connectivity index (χ3n) is 7.19. The van der Waals surface area contributed by atoms with Crippen LogP contribution in [0.5, 0.6) is 0 Å². The van der Waals surface area contributed by atoms with Gasteiger partial charge in [-0.05, 0) is 54.7 Å². The van der Waals surface area contributed by atoms with Crippen molar-refractivity contribution in [3.8, 4) is 0 Å². The molecule has 42 heavy (non-hydrogen) atoms. The Kier molecular flexibility index (Phi) is 11.9. The highest BCUT2D eigenvalue weighted by atomic mass is 35.5. The van der Waals surface area contributed by atoms with Crippen molar-refractivity contribution in [1.29, 1.82) is 0 Å². The summed E-state index contributed by atoms with van der Waals surface area (Å²) in [7, 11) is -3.86. The minimum Gasteiger partial charge on any atom is -0.352 e. The van der Waals surface area contributed by atoms with E-state index in [1.807, 2.05) is 70.2 Å². The van der Waals surface area contributed by atoms with Gasteiger partial charge in [0.2, 0.25) is 21.8 Å². The second-order valence-corrected chi connectivity index (χ2v) is 13.5. The average molecular weight is 633 g/mol. The Bertz CT molecular complexity index is 1440. The summed E-state index contributed by atoms with van der Waals surface area (Å²) < 4.78 is 27.0. The van der Waals surface area contributed by atoms with Crippen molar-refractivity contribution in [2.24, 2.45) is 0 Å². The molecule has 0 saturated carbocycles. The maximum Gasteiger partial charge on any atom is 0.244 e. The van der Waals surface area contributed by atoms with E-state index < -0.39 is 28.5 Å². The van der Waals surface area contributed by atoms with Gasteiger partial charge in [-0.25, -0.2) is 8.42 Å². The van der Waals surface area contributed by atoms with E-state index in [1.54, 1.807) is 30.3 Å². The van der Waals surface area contributed by atoms with Gasteiger partial charge in [0.05, 0.1) is 11.9 Å². The third-order valence-corrected chi connectivity index (χ3v) is 9.04. The first-order valence-electron chi connectivity index (χ1n) is 14.0. The molecule has 0 aliphatic heterocycles. The van der Waals surface area contributed by atoms with Crippen LogP contribution in [0.2, 0.25) is 10.0 Å². The summed E-state index contributed by atoms with van der Waals surface area (Å²) in [6.45, 7) is 7.33. The summed E-state index contributed by atoms with van der Waals surface area (Å²) in [5, 5.41) is 3.68. The van der Waals surface area contributed by atoms with Gasteiger partial charge in [-0.2, -0.15) is 0 Å². The Morgan fingerprint density at radius 2 is 1.48 bits per heavy atom. The van der Waals surface area contributed by atoms with Crippen molar-refractivity contribution in [2.45, 2.75) is 65.1 Å². The van der Waals surface area contributed by atoms with Gasteiger partial charge >= 0.3 is 0 Å². The number of benzene rings is 3. The minimum atomic E-state index is -3.86. The molecule has 0 aliphatic carbocycles. The molecule has 2 atom stereocenters. The number of hydrogen-bond donors (Lipinski definition) is 1. The van der Waals surface area contributed by atoms with Crippen LogP contribution in [0.3, 0.4) is 0 Å². The first-order chi connectivity index (χ1) is 19.8. The van der Waals surface area contributed by atoms with E-state index in [1.165, 1.54) is 4.90 Å². The highest BCUT2D eigenvalue weighted by molar-refractivity contribution is 7.92. The summed E-state index contributed by atoms with van der Waals surface area (Å²) in [5.74, 6) is -0.660. The third kappa shape index (κ3) is 8.96.